The Labute approximate surface area is 102 Å². The molecule has 3 N–H and O–H groups in total. The molecule has 0 aromatic carbocycles. The summed E-state index contributed by atoms with van der Waals surface area (Å²) in [7, 11) is 0. The van der Waals surface area contributed by atoms with Crippen molar-refractivity contribution in [3.05, 3.63) is 0 Å². The standard InChI is InChI=1S/C12H22N2O3/c1-9(7-13)3-4-10(15)14-6-5-12(2,8-14)11(16)17/h9H,3-8,13H2,1-2H3,(H,16,17). The van der Waals surface area contributed by atoms with E-state index in [2.05, 4.69) is 0 Å². The monoisotopic (exact) mass is 242 g/mol. The van der Waals surface area contributed by atoms with Crippen molar-refractivity contribution in [1.29, 1.82) is 0 Å². The second-order valence-electron chi connectivity index (χ2n) is 5.31. The van der Waals surface area contributed by atoms with Crippen molar-refractivity contribution >= 4 is 11.9 Å². The smallest absolute Gasteiger partial charge is 0.311 e. The second-order valence-corrected chi connectivity index (χ2v) is 5.31. The number of carbonyl (C=O) groups excluding carboxylic acids is 1. The van der Waals surface area contributed by atoms with Gasteiger partial charge in [-0.25, -0.2) is 0 Å². The summed E-state index contributed by atoms with van der Waals surface area (Å²) in [6.45, 7) is 5.18. The zero-order valence-corrected chi connectivity index (χ0v) is 10.6. The number of carboxylic acids is 1. The highest BCUT2D eigenvalue weighted by atomic mass is 16.4. The maximum absolute atomic E-state index is 11.9. The van der Waals surface area contributed by atoms with Gasteiger partial charge in [0.2, 0.25) is 5.91 Å². The number of aliphatic carboxylic acids is 1. The van der Waals surface area contributed by atoms with Crippen LogP contribution in [0.4, 0.5) is 0 Å². The first-order valence-corrected chi connectivity index (χ1v) is 6.10. The van der Waals surface area contributed by atoms with Crippen LogP contribution in [0.2, 0.25) is 0 Å². The molecule has 0 aromatic heterocycles. The van der Waals surface area contributed by atoms with Crippen LogP contribution in [-0.2, 0) is 9.59 Å². The third kappa shape index (κ3) is 3.43. The molecule has 0 spiro atoms. The van der Waals surface area contributed by atoms with E-state index in [1.165, 1.54) is 0 Å². The number of amides is 1. The Hall–Kier alpha value is -1.10. The molecule has 2 unspecified atom stereocenters. The first kappa shape index (κ1) is 14.0. The summed E-state index contributed by atoms with van der Waals surface area (Å²) >= 11 is 0. The van der Waals surface area contributed by atoms with Gasteiger partial charge in [0, 0.05) is 19.5 Å². The number of likely N-dealkylation sites (tertiary alicyclic amines) is 1. The number of nitrogens with zero attached hydrogens (tertiary/aromatic N) is 1. The van der Waals surface area contributed by atoms with Crippen LogP contribution in [0.5, 0.6) is 0 Å². The minimum atomic E-state index is -0.817. The molecule has 5 nitrogen and oxygen atoms in total. The Morgan fingerprint density at radius 3 is 2.65 bits per heavy atom. The van der Waals surface area contributed by atoms with Crippen LogP contribution in [0, 0.1) is 11.3 Å². The summed E-state index contributed by atoms with van der Waals surface area (Å²) in [5, 5.41) is 9.07. The Balaban J connectivity index is 2.43. The second kappa shape index (κ2) is 5.49. The van der Waals surface area contributed by atoms with E-state index in [1.807, 2.05) is 6.92 Å². The van der Waals surface area contributed by atoms with Crippen molar-refractivity contribution in [3.63, 3.8) is 0 Å². The van der Waals surface area contributed by atoms with Crippen molar-refractivity contribution in [2.75, 3.05) is 19.6 Å². The number of nitrogens with two attached hydrogens (primary N) is 1. The molecule has 1 saturated heterocycles. The molecule has 1 fully saturated rings. The van der Waals surface area contributed by atoms with Crippen molar-refractivity contribution in [2.24, 2.45) is 17.1 Å². The summed E-state index contributed by atoms with van der Waals surface area (Å²) < 4.78 is 0. The van der Waals surface area contributed by atoms with E-state index in [0.717, 1.165) is 6.42 Å². The summed E-state index contributed by atoms with van der Waals surface area (Å²) in [6, 6.07) is 0. The van der Waals surface area contributed by atoms with E-state index in [1.54, 1.807) is 11.8 Å². The lowest BCUT2D eigenvalue weighted by molar-refractivity contribution is -0.147. The van der Waals surface area contributed by atoms with Gasteiger partial charge in [-0.1, -0.05) is 6.92 Å². The lowest BCUT2D eigenvalue weighted by atomic mass is 9.90. The molecule has 0 saturated carbocycles. The van der Waals surface area contributed by atoms with E-state index < -0.39 is 11.4 Å². The van der Waals surface area contributed by atoms with Crippen molar-refractivity contribution in [1.82, 2.24) is 4.90 Å². The van der Waals surface area contributed by atoms with Gasteiger partial charge in [0.1, 0.15) is 0 Å². The Kier molecular flexibility index (Phi) is 4.51. The molecule has 0 aromatic rings. The fourth-order valence-electron chi connectivity index (χ4n) is 1.99. The largest absolute Gasteiger partial charge is 0.481 e. The lowest BCUT2D eigenvalue weighted by Crippen LogP contribution is -2.35. The van der Waals surface area contributed by atoms with E-state index in [9.17, 15) is 9.59 Å². The fourth-order valence-corrected chi connectivity index (χ4v) is 1.99. The first-order valence-electron chi connectivity index (χ1n) is 6.10. The van der Waals surface area contributed by atoms with Gasteiger partial charge in [0.15, 0.2) is 0 Å². The molecule has 98 valence electrons. The number of carboxylic acid groups (broad SMARTS) is 1. The van der Waals surface area contributed by atoms with Crippen LogP contribution >= 0.6 is 0 Å². The van der Waals surface area contributed by atoms with Gasteiger partial charge in [-0.3, -0.25) is 9.59 Å². The highest BCUT2D eigenvalue weighted by Gasteiger charge is 2.41. The van der Waals surface area contributed by atoms with Crippen molar-refractivity contribution in [2.45, 2.75) is 33.1 Å². The van der Waals surface area contributed by atoms with E-state index in [0.29, 0.717) is 38.4 Å². The molecule has 0 radical (unpaired) electrons. The van der Waals surface area contributed by atoms with Crippen LogP contribution in [0.1, 0.15) is 33.1 Å². The highest BCUT2D eigenvalue weighted by molar-refractivity contribution is 5.80. The minimum Gasteiger partial charge on any atom is -0.481 e. The van der Waals surface area contributed by atoms with E-state index >= 15 is 0 Å². The average Bonchev–Trinajstić information content (AvgIpc) is 2.69. The van der Waals surface area contributed by atoms with Crippen molar-refractivity contribution < 1.29 is 14.7 Å². The molecule has 1 rings (SSSR count). The average molecular weight is 242 g/mol. The SMILES string of the molecule is CC(CN)CCC(=O)N1CCC(C)(C(=O)O)C1. The van der Waals surface area contributed by atoms with Crippen LogP contribution in [0.15, 0.2) is 0 Å². The number of hydrogen-bond donors (Lipinski definition) is 2. The lowest BCUT2D eigenvalue weighted by Gasteiger charge is -2.20. The summed E-state index contributed by atoms with van der Waals surface area (Å²) in [4.78, 5) is 24.6. The zero-order chi connectivity index (χ0) is 13.1. The molecule has 1 aliphatic rings. The van der Waals surface area contributed by atoms with Gasteiger partial charge in [-0.2, -0.15) is 0 Å². The summed E-state index contributed by atoms with van der Waals surface area (Å²) in [6.07, 6.45) is 1.78. The fraction of sp³-hybridized carbons (Fsp3) is 0.833. The number of carbonyl (C=O) groups is 2. The van der Waals surface area contributed by atoms with E-state index in [4.69, 9.17) is 10.8 Å². The Bertz CT molecular complexity index is 306. The van der Waals surface area contributed by atoms with Gasteiger partial charge < -0.3 is 15.7 Å². The van der Waals surface area contributed by atoms with Gasteiger partial charge in [-0.05, 0) is 32.2 Å². The topological polar surface area (TPSA) is 83.6 Å². The van der Waals surface area contributed by atoms with Crippen LogP contribution in [-0.4, -0.2) is 41.5 Å². The van der Waals surface area contributed by atoms with Crippen LogP contribution < -0.4 is 5.73 Å². The molecule has 1 amide bonds. The zero-order valence-electron chi connectivity index (χ0n) is 10.6. The molecule has 1 aliphatic heterocycles. The molecule has 0 bridgehead atoms. The predicted octanol–water partition coefficient (Wildman–Crippen LogP) is 0.685. The summed E-state index contributed by atoms with van der Waals surface area (Å²) in [5.74, 6) is -0.425. The molecule has 17 heavy (non-hydrogen) atoms. The van der Waals surface area contributed by atoms with Crippen molar-refractivity contribution in [3.8, 4) is 0 Å². The molecular formula is C12H22N2O3. The van der Waals surface area contributed by atoms with Crippen LogP contribution in [0.3, 0.4) is 0 Å². The molecule has 0 aliphatic carbocycles. The van der Waals surface area contributed by atoms with Gasteiger partial charge in [0.25, 0.3) is 0 Å². The van der Waals surface area contributed by atoms with Gasteiger partial charge in [0.05, 0.1) is 5.41 Å². The maximum atomic E-state index is 11.9. The van der Waals surface area contributed by atoms with Gasteiger partial charge in [-0.15, -0.1) is 0 Å². The Morgan fingerprint density at radius 2 is 2.18 bits per heavy atom. The molecule has 5 heteroatoms. The molecule has 1 heterocycles. The third-order valence-corrected chi connectivity index (χ3v) is 3.60. The van der Waals surface area contributed by atoms with Crippen LogP contribution in [0.25, 0.3) is 0 Å². The normalized spacial score (nSPS) is 25.9. The Morgan fingerprint density at radius 1 is 1.53 bits per heavy atom. The quantitative estimate of drug-likeness (QED) is 0.742. The molecule has 2 atom stereocenters. The predicted molar refractivity (Wildman–Crippen MR) is 64.4 cm³/mol. The maximum Gasteiger partial charge on any atom is 0.311 e. The third-order valence-electron chi connectivity index (χ3n) is 3.60. The summed E-state index contributed by atoms with van der Waals surface area (Å²) in [5.41, 5.74) is 4.72. The van der Waals surface area contributed by atoms with Gasteiger partial charge >= 0.3 is 5.97 Å². The number of rotatable bonds is 5. The highest BCUT2D eigenvalue weighted by Crippen LogP contribution is 2.30. The first-order chi connectivity index (χ1) is 7.89. The molecular weight excluding hydrogens is 220 g/mol. The van der Waals surface area contributed by atoms with E-state index in [-0.39, 0.29) is 5.91 Å². The minimum absolute atomic E-state index is 0.0512. The number of hydrogen-bond acceptors (Lipinski definition) is 3.